The summed E-state index contributed by atoms with van der Waals surface area (Å²) in [5.41, 5.74) is 0. The van der Waals surface area contributed by atoms with Gasteiger partial charge in [-0.15, -0.1) is 0 Å². The Balaban J connectivity index is 2.54. The standard InChI is InChI=1S/C12H17BrO3S/c1-10(14)4-2-3-9-17(15,16)12-7-5-11(13)6-8-12/h5-8,10,14H,2-4,9H2,1H3. The molecule has 0 aliphatic heterocycles. The third-order valence-electron chi connectivity index (χ3n) is 2.46. The molecule has 0 heterocycles. The Morgan fingerprint density at radius 2 is 1.82 bits per heavy atom. The molecule has 1 N–H and O–H groups in total. The summed E-state index contributed by atoms with van der Waals surface area (Å²) in [7, 11) is -3.18. The maximum Gasteiger partial charge on any atom is 0.178 e. The Hall–Kier alpha value is -0.390. The van der Waals surface area contributed by atoms with E-state index in [0.29, 0.717) is 17.7 Å². The summed E-state index contributed by atoms with van der Waals surface area (Å²) in [6.45, 7) is 1.71. The fourth-order valence-electron chi connectivity index (χ4n) is 1.49. The lowest BCUT2D eigenvalue weighted by atomic mass is 10.2. The van der Waals surface area contributed by atoms with Crippen molar-refractivity contribution in [3.8, 4) is 0 Å². The zero-order valence-corrected chi connectivity index (χ0v) is 12.2. The van der Waals surface area contributed by atoms with Crippen molar-refractivity contribution in [2.45, 2.75) is 37.2 Å². The van der Waals surface area contributed by atoms with Gasteiger partial charge in [-0.25, -0.2) is 8.42 Å². The van der Waals surface area contributed by atoms with Gasteiger partial charge in [0.25, 0.3) is 0 Å². The van der Waals surface area contributed by atoms with Crippen LogP contribution in [-0.2, 0) is 9.84 Å². The van der Waals surface area contributed by atoms with Gasteiger partial charge in [-0.3, -0.25) is 0 Å². The van der Waals surface area contributed by atoms with E-state index in [9.17, 15) is 8.42 Å². The molecule has 1 aromatic carbocycles. The molecule has 3 nitrogen and oxygen atoms in total. The minimum Gasteiger partial charge on any atom is -0.393 e. The highest BCUT2D eigenvalue weighted by atomic mass is 79.9. The van der Waals surface area contributed by atoms with Crippen molar-refractivity contribution in [2.24, 2.45) is 0 Å². The number of halogens is 1. The van der Waals surface area contributed by atoms with E-state index in [2.05, 4.69) is 15.9 Å². The number of aliphatic hydroxyl groups is 1. The number of hydrogen-bond donors (Lipinski definition) is 1. The molecule has 0 bridgehead atoms. The molecule has 0 amide bonds. The highest BCUT2D eigenvalue weighted by molar-refractivity contribution is 9.10. The van der Waals surface area contributed by atoms with Gasteiger partial charge >= 0.3 is 0 Å². The highest BCUT2D eigenvalue weighted by Crippen LogP contribution is 2.17. The van der Waals surface area contributed by atoms with Crippen LogP contribution in [0.15, 0.2) is 33.6 Å². The summed E-state index contributed by atoms with van der Waals surface area (Å²) in [5.74, 6) is 0.140. The lowest BCUT2D eigenvalue weighted by Gasteiger charge is -2.06. The van der Waals surface area contributed by atoms with Crippen LogP contribution in [0.5, 0.6) is 0 Å². The quantitative estimate of drug-likeness (QED) is 0.820. The smallest absolute Gasteiger partial charge is 0.178 e. The van der Waals surface area contributed by atoms with Crippen molar-refractivity contribution in [3.05, 3.63) is 28.7 Å². The highest BCUT2D eigenvalue weighted by Gasteiger charge is 2.13. The number of aliphatic hydroxyl groups excluding tert-OH is 1. The van der Waals surface area contributed by atoms with Crippen molar-refractivity contribution in [3.63, 3.8) is 0 Å². The van der Waals surface area contributed by atoms with Crippen LogP contribution in [0.25, 0.3) is 0 Å². The molecule has 96 valence electrons. The Morgan fingerprint density at radius 3 is 2.35 bits per heavy atom. The Kier molecular flexibility index (Phi) is 5.62. The first-order chi connectivity index (χ1) is 7.92. The van der Waals surface area contributed by atoms with E-state index in [1.54, 1.807) is 31.2 Å². The van der Waals surface area contributed by atoms with Gasteiger partial charge < -0.3 is 5.11 Å². The second-order valence-electron chi connectivity index (χ2n) is 4.12. The van der Waals surface area contributed by atoms with Crippen molar-refractivity contribution in [1.82, 2.24) is 0 Å². The second-order valence-corrected chi connectivity index (χ2v) is 7.14. The first kappa shape index (κ1) is 14.7. The molecule has 0 spiro atoms. The maximum atomic E-state index is 11.9. The van der Waals surface area contributed by atoms with Gasteiger partial charge in [0, 0.05) is 4.47 Å². The van der Waals surface area contributed by atoms with E-state index in [-0.39, 0.29) is 11.9 Å². The summed E-state index contributed by atoms with van der Waals surface area (Å²) in [4.78, 5) is 0.359. The maximum absolute atomic E-state index is 11.9. The largest absolute Gasteiger partial charge is 0.393 e. The number of hydrogen-bond acceptors (Lipinski definition) is 3. The molecule has 0 aliphatic rings. The third kappa shape index (κ3) is 5.19. The lowest BCUT2D eigenvalue weighted by Crippen LogP contribution is -2.08. The summed E-state index contributed by atoms with van der Waals surface area (Å²) >= 11 is 3.27. The number of sulfone groups is 1. The summed E-state index contributed by atoms with van der Waals surface area (Å²) in [5, 5.41) is 9.07. The summed E-state index contributed by atoms with van der Waals surface area (Å²) < 4.78 is 24.7. The van der Waals surface area contributed by atoms with Crippen LogP contribution in [-0.4, -0.2) is 25.4 Å². The van der Waals surface area contributed by atoms with Gasteiger partial charge in [0.1, 0.15) is 0 Å². The fraction of sp³-hybridized carbons (Fsp3) is 0.500. The Bertz CT molecular complexity index is 437. The molecular weight excluding hydrogens is 304 g/mol. The molecule has 1 rings (SSSR count). The van der Waals surface area contributed by atoms with Gasteiger partial charge in [0.05, 0.1) is 16.8 Å². The lowest BCUT2D eigenvalue weighted by molar-refractivity contribution is 0.181. The van der Waals surface area contributed by atoms with Crippen molar-refractivity contribution in [1.29, 1.82) is 0 Å². The van der Waals surface area contributed by atoms with E-state index in [4.69, 9.17) is 5.11 Å². The van der Waals surface area contributed by atoms with Crippen LogP contribution >= 0.6 is 15.9 Å². The fourth-order valence-corrected chi connectivity index (χ4v) is 3.13. The molecule has 0 radical (unpaired) electrons. The molecule has 0 aromatic heterocycles. The van der Waals surface area contributed by atoms with Crippen LogP contribution in [0, 0.1) is 0 Å². The molecule has 0 fully saturated rings. The topological polar surface area (TPSA) is 54.4 Å². The van der Waals surface area contributed by atoms with Gasteiger partial charge in [-0.05, 0) is 50.5 Å². The van der Waals surface area contributed by atoms with Crippen LogP contribution in [0.4, 0.5) is 0 Å². The summed E-state index contributed by atoms with van der Waals surface area (Å²) in [6.07, 6.45) is 1.61. The first-order valence-corrected chi connectivity index (χ1v) is 8.03. The van der Waals surface area contributed by atoms with Crippen LogP contribution in [0.1, 0.15) is 26.2 Å². The first-order valence-electron chi connectivity index (χ1n) is 5.58. The third-order valence-corrected chi connectivity index (χ3v) is 4.80. The van der Waals surface area contributed by atoms with E-state index in [0.717, 1.165) is 10.9 Å². The number of benzene rings is 1. The zero-order chi connectivity index (χ0) is 12.9. The molecule has 0 saturated heterocycles. The molecule has 1 aromatic rings. The van der Waals surface area contributed by atoms with E-state index < -0.39 is 9.84 Å². The molecule has 0 saturated carbocycles. The second kappa shape index (κ2) is 6.52. The normalized spacial score (nSPS) is 13.6. The van der Waals surface area contributed by atoms with Crippen molar-refractivity contribution in [2.75, 3.05) is 5.75 Å². The van der Waals surface area contributed by atoms with Crippen molar-refractivity contribution >= 4 is 25.8 Å². The van der Waals surface area contributed by atoms with Gasteiger partial charge in [0.15, 0.2) is 9.84 Å². The number of rotatable bonds is 6. The van der Waals surface area contributed by atoms with Gasteiger partial charge in [0.2, 0.25) is 0 Å². The van der Waals surface area contributed by atoms with Crippen LogP contribution in [0.3, 0.4) is 0 Å². The van der Waals surface area contributed by atoms with Gasteiger partial charge in [-0.2, -0.15) is 0 Å². The van der Waals surface area contributed by atoms with Crippen LogP contribution < -0.4 is 0 Å². The van der Waals surface area contributed by atoms with Crippen molar-refractivity contribution < 1.29 is 13.5 Å². The molecule has 5 heteroatoms. The number of unbranched alkanes of at least 4 members (excludes halogenated alkanes) is 1. The monoisotopic (exact) mass is 320 g/mol. The van der Waals surface area contributed by atoms with E-state index in [1.165, 1.54) is 0 Å². The van der Waals surface area contributed by atoms with E-state index >= 15 is 0 Å². The molecule has 1 atom stereocenters. The minimum atomic E-state index is -3.18. The Morgan fingerprint density at radius 1 is 1.24 bits per heavy atom. The van der Waals surface area contributed by atoms with E-state index in [1.807, 2.05) is 0 Å². The molecular formula is C12H17BrO3S. The zero-order valence-electron chi connectivity index (χ0n) is 9.77. The predicted octanol–water partition coefficient (Wildman–Crippen LogP) is 2.77. The SMILES string of the molecule is CC(O)CCCCS(=O)(=O)c1ccc(Br)cc1. The molecule has 1 unspecified atom stereocenters. The minimum absolute atomic E-state index is 0.140. The average molecular weight is 321 g/mol. The predicted molar refractivity (Wildman–Crippen MR) is 71.7 cm³/mol. The average Bonchev–Trinajstić information content (AvgIpc) is 2.25. The molecule has 0 aliphatic carbocycles. The molecule has 17 heavy (non-hydrogen) atoms. The van der Waals surface area contributed by atoms with Gasteiger partial charge in [-0.1, -0.05) is 15.9 Å². The van der Waals surface area contributed by atoms with Crippen LogP contribution in [0.2, 0.25) is 0 Å². The summed E-state index contributed by atoms with van der Waals surface area (Å²) in [6, 6.07) is 6.66. The Labute approximate surface area is 111 Å².